The Morgan fingerprint density at radius 2 is 2.00 bits per heavy atom. The highest BCUT2D eigenvalue weighted by molar-refractivity contribution is 6.30. The Labute approximate surface area is 134 Å². The summed E-state index contributed by atoms with van der Waals surface area (Å²) in [5.41, 5.74) is 1.05. The fraction of sp³-hybridized carbons (Fsp3) is 0.231. The molecule has 0 spiro atoms. The predicted octanol–water partition coefficient (Wildman–Crippen LogP) is -0.930. The maximum atomic E-state index is 12.1. The van der Waals surface area contributed by atoms with Gasteiger partial charge in [-0.15, -0.1) is 0 Å². The summed E-state index contributed by atoms with van der Waals surface area (Å²) in [5.74, 6) is 0. The van der Waals surface area contributed by atoms with Gasteiger partial charge in [0.1, 0.15) is 12.4 Å². The Balaban J connectivity index is 0.00000180. The highest BCUT2D eigenvalue weighted by atomic mass is 127. The Hall–Kier alpha value is -1.08. The Kier molecular flexibility index (Phi) is 5.81. The van der Waals surface area contributed by atoms with E-state index < -0.39 is 0 Å². The third-order valence-corrected chi connectivity index (χ3v) is 2.90. The Morgan fingerprint density at radius 1 is 1.37 bits per heavy atom. The second kappa shape index (κ2) is 6.91. The summed E-state index contributed by atoms with van der Waals surface area (Å²) in [6, 6.07) is 7.42. The molecule has 0 aliphatic heterocycles. The molecular formula is C13H15ClIN3O. The standard InChI is InChI=1S/C13H15ClN3O.HI/c1-15-7-8-17(10-15)13(18)16(2)9-11-3-5-12(14)6-4-11;/h3-8,10H,9H2,1-2H3;1H/q+1;/p-1. The summed E-state index contributed by atoms with van der Waals surface area (Å²) < 4.78 is 3.38. The van der Waals surface area contributed by atoms with Crippen LogP contribution in [0, 0.1) is 0 Å². The molecule has 1 amide bonds. The third-order valence-electron chi connectivity index (χ3n) is 2.65. The number of aryl methyl sites for hydroxylation is 1. The molecule has 0 saturated carbocycles. The van der Waals surface area contributed by atoms with E-state index in [1.54, 1.807) is 29.0 Å². The number of nitrogens with zero attached hydrogens (tertiary/aromatic N) is 3. The van der Waals surface area contributed by atoms with Gasteiger partial charge < -0.3 is 28.9 Å². The van der Waals surface area contributed by atoms with Crippen LogP contribution < -0.4 is 28.5 Å². The molecule has 0 atom stereocenters. The van der Waals surface area contributed by atoms with E-state index in [-0.39, 0.29) is 30.0 Å². The summed E-state index contributed by atoms with van der Waals surface area (Å²) in [7, 11) is 3.65. The molecule has 1 aromatic heterocycles. The molecule has 0 radical (unpaired) electrons. The average molecular weight is 392 g/mol. The molecule has 0 bridgehead atoms. The van der Waals surface area contributed by atoms with Crippen LogP contribution in [0.15, 0.2) is 43.0 Å². The van der Waals surface area contributed by atoms with E-state index in [2.05, 4.69) is 0 Å². The molecule has 0 N–H and O–H groups in total. The summed E-state index contributed by atoms with van der Waals surface area (Å²) >= 11 is 5.82. The molecule has 6 heteroatoms. The topological polar surface area (TPSA) is 29.1 Å². The molecule has 0 aliphatic carbocycles. The van der Waals surface area contributed by atoms with E-state index in [0.29, 0.717) is 11.6 Å². The van der Waals surface area contributed by atoms with Crippen molar-refractivity contribution in [3.05, 3.63) is 53.6 Å². The number of benzene rings is 1. The minimum Gasteiger partial charge on any atom is -1.00 e. The van der Waals surface area contributed by atoms with E-state index in [4.69, 9.17) is 11.6 Å². The first-order valence-corrected chi connectivity index (χ1v) is 5.97. The summed E-state index contributed by atoms with van der Waals surface area (Å²) in [6.45, 7) is 0.553. The van der Waals surface area contributed by atoms with Crippen LogP contribution in [0.5, 0.6) is 0 Å². The maximum Gasteiger partial charge on any atom is 0.415 e. The van der Waals surface area contributed by atoms with Crippen molar-refractivity contribution in [2.45, 2.75) is 6.54 Å². The van der Waals surface area contributed by atoms with Gasteiger partial charge in [-0.3, -0.25) is 0 Å². The zero-order valence-corrected chi connectivity index (χ0v) is 13.7. The van der Waals surface area contributed by atoms with Gasteiger partial charge in [0.2, 0.25) is 0 Å². The van der Waals surface area contributed by atoms with Gasteiger partial charge in [0.15, 0.2) is 0 Å². The van der Waals surface area contributed by atoms with Gasteiger partial charge in [-0.2, -0.15) is 4.57 Å². The van der Waals surface area contributed by atoms with Crippen molar-refractivity contribution in [2.75, 3.05) is 7.05 Å². The lowest BCUT2D eigenvalue weighted by atomic mass is 10.2. The number of hydrogen-bond acceptors (Lipinski definition) is 1. The van der Waals surface area contributed by atoms with E-state index in [9.17, 15) is 4.79 Å². The van der Waals surface area contributed by atoms with Gasteiger partial charge in [0, 0.05) is 18.6 Å². The second-order valence-electron chi connectivity index (χ2n) is 4.25. The molecule has 0 saturated heterocycles. The summed E-state index contributed by atoms with van der Waals surface area (Å²) in [6.07, 6.45) is 5.30. The SMILES string of the molecule is CN(Cc1ccc(Cl)cc1)C(=O)n1cc[n+](C)c1.[I-]. The minimum atomic E-state index is -0.0643. The van der Waals surface area contributed by atoms with Crippen LogP contribution in [-0.4, -0.2) is 22.5 Å². The molecule has 19 heavy (non-hydrogen) atoms. The molecule has 1 heterocycles. The molecule has 0 unspecified atom stereocenters. The first kappa shape index (κ1) is 16.0. The number of hydrogen-bond donors (Lipinski definition) is 0. The first-order chi connectivity index (χ1) is 8.56. The van der Waals surface area contributed by atoms with Gasteiger partial charge in [0.05, 0.1) is 7.05 Å². The zero-order chi connectivity index (χ0) is 13.1. The van der Waals surface area contributed by atoms with Gasteiger partial charge in [-0.05, 0) is 17.7 Å². The fourth-order valence-electron chi connectivity index (χ4n) is 1.69. The quantitative estimate of drug-likeness (QED) is 0.480. The molecule has 0 fully saturated rings. The van der Waals surface area contributed by atoms with E-state index >= 15 is 0 Å². The van der Waals surface area contributed by atoms with Crippen LogP contribution >= 0.6 is 11.6 Å². The molecular weight excluding hydrogens is 377 g/mol. The molecule has 2 rings (SSSR count). The summed E-state index contributed by atoms with van der Waals surface area (Å²) in [4.78, 5) is 13.7. The van der Waals surface area contributed by atoms with Gasteiger partial charge >= 0.3 is 6.03 Å². The largest absolute Gasteiger partial charge is 1.00 e. The van der Waals surface area contributed by atoms with Crippen LogP contribution in [0.2, 0.25) is 5.02 Å². The smallest absolute Gasteiger partial charge is 0.415 e. The highest BCUT2D eigenvalue weighted by Gasteiger charge is 2.16. The third kappa shape index (κ3) is 4.21. The van der Waals surface area contributed by atoms with Crippen LogP contribution in [-0.2, 0) is 13.6 Å². The zero-order valence-electron chi connectivity index (χ0n) is 10.8. The van der Waals surface area contributed by atoms with Crippen molar-refractivity contribution in [2.24, 2.45) is 7.05 Å². The monoisotopic (exact) mass is 391 g/mol. The predicted molar refractivity (Wildman–Crippen MR) is 69.3 cm³/mol. The Bertz CT molecular complexity index is 553. The van der Waals surface area contributed by atoms with Crippen LogP contribution in [0.1, 0.15) is 5.56 Å². The van der Waals surface area contributed by atoms with E-state index in [0.717, 1.165) is 5.56 Å². The lowest BCUT2D eigenvalue weighted by molar-refractivity contribution is -0.670. The number of halogens is 2. The molecule has 102 valence electrons. The van der Waals surface area contributed by atoms with Crippen molar-refractivity contribution in [1.29, 1.82) is 0 Å². The second-order valence-corrected chi connectivity index (χ2v) is 4.69. The van der Waals surface area contributed by atoms with Gasteiger partial charge in [0.25, 0.3) is 6.33 Å². The van der Waals surface area contributed by atoms with Crippen molar-refractivity contribution < 1.29 is 33.3 Å². The first-order valence-electron chi connectivity index (χ1n) is 5.59. The lowest BCUT2D eigenvalue weighted by Crippen LogP contribution is -3.00. The van der Waals surface area contributed by atoms with Crippen molar-refractivity contribution in [3.8, 4) is 0 Å². The Morgan fingerprint density at radius 3 is 2.53 bits per heavy atom. The van der Waals surface area contributed by atoms with Crippen LogP contribution in [0.3, 0.4) is 0 Å². The number of rotatable bonds is 2. The number of imidazole rings is 1. The van der Waals surface area contributed by atoms with E-state index in [1.807, 2.05) is 42.1 Å². The fourth-order valence-corrected chi connectivity index (χ4v) is 1.82. The van der Waals surface area contributed by atoms with Gasteiger partial charge in [-0.1, -0.05) is 23.7 Å². The maximum absolute atomic E-state index is 12.1. The molecule has 0 aliphatic rings. The number of carbonyl (C=O) groups is 1. The molecule has 1 aromatic carbocycles. The number of aromatic nitrogens is 2. The van der Waals surface area contributed by atoms with Crippen LogP contribution in [0.25, 0.3) is 0 Å². The van der Waals surface area contributed by atoms with Crippen molar-refractivity contribution >= 4 is 17.6 Å². The highest BCUT2D eigenvalue weighted by Crippen LogP contribution is 2.11. The normalized spacial score (nSPS) is 9.84. The average Bonchev–Trinajstić information content (AvgIpc) is 2.78. The van der Waals surface area contributed by atoms with Gasteiger partial charge in [-0.25, -0.2) is 9.36 Å². The van der Waals surface area contributed by atoms with Crippen LogP contribution in [0.4, 0.5) is 4.79 Å². The lowest BCUT2D eigenvalue weighted by Gasteiger charge is -2.13. The molecule has 2 aromatic rings. The van der Waals surface area contributed by atoms with E-state index in [1.165, 1.54) is 0 Å². The molecule has 4 nitrogen and oxygen atoms in total. The van der Waals surface area contributed by atoms with Crippen molar-refractivity contribution in [3.63, 3.8) is 0 Å². The number of carbonyl (C=O) groups excluding carboxylic acids is 1. The minimum absolute atomic E-state index is 0. The summed E-state index contributed by atoms with van der Waals surface area (Å²) in [5, 5.41) is 0.699. The number of amides is 1. The van der Waals surface area contributed by atoms with Crippen molar-refractivity contribution in [1.82, 2.24) is 9.47 Å².